The van der Waals surface area contributed by atoms with Crippen LogP contribution in [-0.4, -0.2) is 33.5 Å². The third kappa shape index (κ3) is 3.94. The van der Waals surface area contributed by atoms with Crippen molar-refractivity contribution in [3.8, 4) is 17.2 Å². The van der Waals surface area contributed by atoms with E-state index in [0.29, 0.717) is 57.0 Å². The molecule has 2 amide bonds. The molecule has 4 aromatic rings. The van der Waals surface area contributed by atoms with Gasteiger partial charge in [0.25, 0.3) is 0 Å². The molecule has 1 fully saturated rings. The quantitative estimate of drug-likeness (QED) is 0.171. The molecule has 8 rings (SSSR count). The summed E-state index contributed by atoms with van der Waals surface area (Å²) in [6.45, 7) is 3.41. The van der Waals surface area contributed by atoms with E-state index in [0.717, 1.165) is 11.1 Å². The fourth-order valence-electron chi connectivity index (χ4n) is 7.63. The lowest BCUT2D eigenvalue weighted by Crippen LogP contribution is -2.39. The number of nitrogens with zero attached hydrogens (tertiary/aromatic N) is 2. The zero-order valence-electron chi connectivity index (χ0n) is 24.6. The molecular formula is C37H28N2O6. The molecule has 45 heavy (non-hydrogen) atoms. The number of imide groups is 1. The summed E-state index contributed by atoms with van der Waals surface area (Å²) >= 11 is 0. The minimum Gasteiger partial charge on any atom is -0.507 e. The number of aromatic hydroxyl groups is 1. The maximum atomic E-state index is 14.2. The summed E-state index contributed by atoms with van der Waals surface area (Å²) in [5.74, 6) is -3.06. The van der Waals surface area contributed by atoms with E-state index in [-0.39, 0.29) is 35.6 Å². The predicted octanol–water partition coefficient (Wildman–Crippen LogP) is 6.14. The Morgan fingerprint density at radius 2 is 1.67 bits per heavy atom. The van der Waals surface area contributed by atoms with Crippen molar-refractivity contribution in [2.45, 2.75) is 32.6 Å². The number of anilines is 1. The van der Waals surface area contributed by atoms with E-state index in [1.54, 1.807) is 50.2 Å². The van der Waals surface area contributed by atoms with Crippen LogP contribution < -0.4 is 4.90 Å². The smallest absolute Gasteiger partial charge is 0.238 e. The van der Waals surface area contributed by atoms with Crippen molar-refractivity contribution in [1.82, 2.24) is 4.98 Å². The molecule has 8 nitrogen and oxygen atoms in total. The predicted molar refractivity (Wildman–Crippen MR) is 166 cm³/mol. The number of aryl methyl sites for hydroxylation is 1. The number of amides is 2. The van der Waals surface area contributed by atoms with Gasteiger partial charge in [-0.3, -0.25) is 24.1 Å². The molecule has 0 radical (unpaired) electrons. The zero-order valence-corrected chi connectivity index (χ0v) is 24.6. The molecule has 0 saturated carbocycles. The first-order valence-electron chi connectivity index (χ1n) is 15.1. The number of phenols is 1. The Kier molecular flexibility index (Phi) is 5.94. The van der Waals surface area contributed by atoms with Crippen molar-refractivity contribution < 1.29 is 28.7 Å². The summed E-state index contributed by atoms with van der Waals surface area (Å²) in [5.41, 5.74) is 5.62. The van der Waals surface area contributed by atoms with Crippen LogP contribution in [0.1, 0.15) is 36.8 Å². The lowest BCUT2D eigenvalue weighted by Gasteiger charge is -2.42. The monoisotopic (exact) mass is 596 g/mol. The minimum atomic E-state index is -0.701. The number of aromatic nitrogens is 1. The van der Waals surface area contributed by atoms with E-state index in [2.05, 4.69) is 4.98 Å². The van der Waals surface area contributed by atoms with E-state index < -0.39 is 23.7 Å². The number of benzene rings is 3. The van der Waals surface area contributed by atoms with Crippen molar-refractivity contribution in [1.29, 1.82) is 0 Å². The van der Waals surface area contributed by atoms with Crippen molar-refractivity contribution in [2.24, 2.45) is 17.8 Å². The van der Waals surface area contributed by atoms with Crippen LogP contribution >= 0.6 is 0 Å². The van der Waals surface area contributed by atoms with Crippen LogP contribution in [-0.2, 0) is 19.2 Å². The highest BCUT2D eigenvalue weighted by molar-refractivity contribution is 6.25. The van der Waals surface area contributed by atoms with Crippen molar-refractivity contribution in [3.05, 3.63) is 112 Å². The second kappa shape index (κ2) is 9.82. The molecule has 0 spiro atoms. The molecular weight excluding hydrogens is 568 g/mol. The lowest BCUT2D eigenvalue weighted by molar-refractivity contribution is -0.123. The van der Waals surface area contributed by atoms with Gasteiger partial charge in [-0.05, 0) is 80.6 Å². The van der Waals surface area contributed by atoms with Gasteiger partial charge in [-0.25, -0.2) is 4.98 Å². The normalized spacial score (nSPS) is 24.4. The van der Waals surface area contributed by atoms with Gasteiger partial charge in [0.1, 0.15) is 11.3 Å². The highest BCUT2D eigenvalue weighted by atomic mass is 16.3. The van der Waals surface area contributed by atoms with Crippen LogP contribution in [0, 0.1) is 24.7 Å². The zero-order chi connectivity index (χ0) is 31.1. The van der Waals surface area contributed by atoms with Gasteiger partial charge >= 0.3 is 0 Å². The number of ketones is 2. The number of para-hydroxylation sites is 3. The van der Waals surface area contributed by atoms with Crippen LogP contribution in [0.3, 0.4) is 0 Å². The van der Waals surface area contributed by atoms with Gasteiger partial charge in [-0.2, -0.15) is 0 Å². The van der Waals surface area contributed by atoms with Crippen LogP contribution in [0.2, 0.25) is 0 Å². The maximum absolute atomic E-state index is 14.2. The largest absolute Gasteiger partial charge is 0.507 e. The molecule has 1 aromatic heterocycles. The Labute approximate surface area is 258 Å². The van der Waals surface area contributed by atoms with E-state index in [9.17, 15) is 24.3 Å². The van der Waals surface area contributed by atoms with Gasteiger partial charge in [-0.15, -0.1) is 0 Å². The van der Waals surface area contributed by atoms with E-state index >= 15 is 0 Å². The topological polar surface area (TPSA) is 118 Å². The van der Waals surface area contributed by atoms with Gasteiger partial charge < -0.3 is 9.52 Å². The fourth-order valence-corrected chi connectivity index (χ4v) is 7.63. The number of oxazole rings is 1. The third-order valence-electron chi connectivity index (χ3n) is 9.81. The molecule has 4 atom stereocenters. The number of carbonyl (C=O) groups is 4. The molecule has 1 saturated heterocycles. The summed E-state index contributed by atoms with van der Waals surface area (Å²) in [4.78, 5) is 60.8. The molecule has 3 aromatic carbocycles. The highest BCUT2D eigenvalue weighted by Gasteiger charge is 2.56. The van der Waals surface area contributed by atoms with Gasteiger partial charge in [0.2, 0.25) is 17.7 Å². The molecule has 0 bridgehead atoms. The molecule has 8 heteroatoms. The Morgan fingerprint density at radius 3 is 2.44 bits per heavy atom. The third-order valence-corrected chi connectivity index (χ3v) is 9.81. The number of rotatable bonds is 3. The second-order valence-corrected chi connectivity index (χ2v) is 12.3. The van der Waals surface area contributed by atoms with Crippen molar-refractivity contribution in [2.75, 3.05) is 4.90 Å². The number of carbonyl (C=O) groups excluding carboxylic acids is 4. The maximum Gasteiger partial charge on any atom is 0.238 e. The highest BCUT2D eigenvalue weighted by Crippen LogP contribution is 2.56. The first kappa shape index (κ1) is 27.2. The molecule has 222 valence electrons. The van der Waals surface area contributed by atoms with E-state index in [1.165, 1.54) is 11.0 Å². The van der Waals surface area contributed by atoms with Crippen LogP contribution in [0.4, 0.5) is 5.69 Å². The average molecular weight is 597 g/mol. The van der Waals surface area contributed by atoms with Gasteiger partial charge in [-0.1, -0.05) is 42.0 Å². The first-order valence-corrected chi connectivity index (χ1v) is 15.1. The van der Waals surface area contributed by atoms with E-state index in [1.807, 2.05) is 36.4 Å². The average Bonchev–Trinajstić information content (AvgIpc) is 3.59. The van der Waals surface area contributed by atoms with Gasteiger partial charge in [0, 0.05) is 33.8 Å². The number of fused-ring (bicyclic) bond motifs is 4. The van der Waals surface area contributed by atoms with Gasteiger partial charge in [0.05, 0.1) is 17.5 Å². The minimum absolute atomic E-state index is 0.0555. The molecule has 1 aliphatic heterocycles. The summed E-state index contributed by atoms with van der Waals surface area (Å²) in [6, 6.07) is 19.8. The molecule has 4 unspecified atom stereocenters. The SMILES string of the molecule is CC1=CC(=O)C2=C(C1=O)C(c1cccc(C)c1O)C1=CCC3C(=O)N(c4ccc(-c5nc6ccccc6o5)cc4)C(=O)C3C1C2. The number of hydrogen-bond acceptors (Lipinski definition) is 7. The summed E-state index contributed by atoms with van der Waals surface area (Å²) in [6.07, 6.45) is 3.82. The fraction of sp³-hybridized carbons (Fsp3) is 0.216. The Bertz CT molecular complexity index is 2060. The summed E-state index contributed by atoms with van der Waals surface area (Å²) in [7, 11) is 0. The van der Waals surface area contributed by atoms with Gasteiger partial charge in [0.15, 0.2) is 17.1 Å². The molecule has 1 N–H and O–H groups in total. The standard InChI is InChI=1S/C37H28N2O6/c1-18-6-5-7-23(33(18)41)30-22-14-15-24-31(25(22)17-26-28(40)16-19(2)34(42)32(26)30)37(44)39(36(24)43)21-12-10-20(11-13-21)35-38-27-8-3-4-9-29(27)45-35/h3-14,16,24-25,30-31,41H,15,17H2,1-2H3. The van der Waals surface area contributed by atoms with Crippen molar-refractivity contribution in [3.63, 3.8) is 0 Å². The molecule has 2 heterocycles. The van der Waals surface area contributed by atoms with E-state index in [4.69, 9.17) is 4.42 Å². The number of Topliss-reactive ketones (excluding diaryl/α,β-unsaturated/α-hetero) is 1. The van der Waals surface area contributed by atoms with Crippen molar-refractivity contribution >= 4 is 40.2 Å². The Morgan fingerprint density at radius 1 is 0.889 bits per heavy atom. The number of hydrogen-bond donors (Lipinski definition) is 1. The molecule has 4 aliphatic rings. The number of phenolic OH excluding ortho intramolecular Hbond substituents is 1. The van der Waals surface area contributed by atoms with Crippen LogP contribution in [0.25, 0.3) is 22.6 Å². The summed E-state index contributed by atoms with van der Waals surface area (Å²) in [5, 5.41) is 11.2. The lowest BCUT2D eigenvalue weighted by atomic mass is 9.59. The van der Waals surface area contributed by atoms with Crippen LogP contribution in [0.15, 0.2) is 106 Å². The first-order chi connectivity index (χ1) is 21.7. The molecule has 3 aliphatic carbocycles. The Hall–Kier alpha value is -5.37. The summed E-state index contributed by atoms with van der Waals surface area (Å²) < 4.78 is 5.88. The number of allylic oxidation sites excluding steroid dienone is 6. The Balaban J connectivity index is 1.17. The second-order valence-electron chi connectivity index (χ2n) is 12.3. The van der Waals surface area contributed by atoms with Crippen LogP contribution in [0.5, 0.6) is 5.75 Å².